The zero-order valence-electron chi connectivity index (χ0n) is 18.3. The van der Waals surface area contributed by atoms with Gasteiger partial charge in [0, 0.05) is 24.6 Å². The smallest absolute Gasteiger partial charge is 0.213 e. The summed E-state index contributed by atoms with van der Waals surface area (Å²) in [6, 6.07) is 6.38. The number of hydrogen-bond donors (Lipinski definition) is 2. The van der Waals surface area contributed by atoms with Crippen LogP contribution in [0.25, 0.3) is 0 Å². The molecule has 1 aliphatic rings. The molecule has 0 radical (unpaired) electrons. The van der Waals surface area contributed by atoms with E-state index in [0.29, 0.717) is 31.0 Å². The lowest BCUT2D eigenvalue weighted by molar-refractivity contribution is 0.207. The Morgan fingerprint density at radius 3 is 2.59 bits per heavy atom. The van der Waals surface area contributed by atoms with Gasteiger partial charge in [0.05, 0.1) is 18.8 Å². The van der Waals surface area contributed by atoms with Crippen LogP contribution in [-0.2, 0) is 18.5 Å². The molecule has 1 aromatic carbocycles. The van der Waals surface area contributed by atoms with Crippen LogP contribution < -0.4 is 15.4 Å². The number of guanidine groups is 1. The molecule has 1 heterocycles. The minimum Gasteiger partial charge on any atom is -0.490 e. The van der Waals surface area contributed by atoms with E-state index in [9.17, 15) is 0 Å². The monoisotopic (exact) mass is 398 g/mol. The topological polar surface area (TPSA) is 71.7 Å². The van der Waals surface area contributed by atoms with E-state index in [1.807, 2.05) is 0 Å². The second kappa shape index (κ2) is 9.33. The molecule has 2 N–H and O–H groups in total. The molecule has 0 unspecified atom stereocenters. The average molecular weight is 399 g/mol. The Morgan fingerprint density at radius 2 is 1.93 bits per heavy atom. The summed E-state index contributed by atoms with van der Waals surface area (Å²) in [4.78, 5) is 8.66. The van der Waals surface area contributed by atoms with Crippen molar-refractivity contribution in [1.29, 1.82) is 0 Å². The van der Waals surface area contributed by atoms with Crippen molar-refractivity contribution in [3.8, 4) is 5.75 Å². The maximum absolute atomic E-state index is 6.29. The van der Waals surface area contributed by atoms with Crippen LogP contribution in [0.4, 0.5) is 0 Å². The van der Waals surface area contributed by atoms with Gasteiger partial charge in [-0.25, -0.2) is 4.98 Å². The van der Waals surface area contributed by atoms with Crippen molar-refractivity contribution < 1.29 is 9.15 Å². The van der Waals surface area contributed by atoms with Gasteiger partial charge in [0.1, 0.15) is 11.5 Å². The van der Waals surface area contributed by atoms with Gasteiger partial charge in [0.25, 0.3) is 0 Å². The first kappa shape index (κ1) is 21.2. The summed E-state index contributed by atoms with van der Waals surface area (Å²) in [5.74, 6) is 3.21. The van der Waals surface area contributed by atoms with Gasteiger partial charge in [-0.05, 0) is 44.2 Å². The molecule has 1 fully saturated rings. The fourth-order valence-electron chi connectivity index (χ4n) is 3.40. The third kappa shape index (κ3) is 5.99. The quantitative estimate of drug-likeness (QED) is 0.555. The second-order valence-electron chi connectivity index (χ2n) is 8.78. The molecule has 158 valence electrons. The molecule has 0 bridgehead atoms. The van der Waals surface area contributed by atoms with Crippen LogP contribution in [-0.4, -0.2) is 24.1 Å². The number of aryl methyl sites for hydroxylation is 1. The molecular formula is C23H34N4O2. The fourth-order valence-corrected chi connectivity index (χ4v) is 3.40. The lowest BCUT2D eigenvalue weighted by Gasteiger charge is -2.18. The third-order valence-electron chi connectivity index (χ3n) is 5.19. The van der Waals surface area contributed by atoms with E-state index in [-0.39, 0.29) is 5.41 Å². The van der Waals surface area contributed by atoms with Gasteiger partial charge < -0.3 is 19.8 Å². The third-order valence-corrected chi connectivity index (χ3v) is 5.19. The van der Waals surface area contributed by atoms with E-state index in [4.69, 9.17) is 9.15 Å². The highest BCUT2D eigenvalue weighted by Crippen LogP contribution is 2.27. The first-order chi connectivity index (χ1) is 13.8. The Morgan fingerprint density at radius 1 is 1.21 bits per heavy atom. The number of aliphatic imine (C=N–C) groups is 1. The Labute approximate surface area is 174 Å². The molecule has 0 saturated heterocycles. The average Bonchev–Trinajstić information content (AvgIpc) is 3.35. The van der Waals surface area contributed by atoms with Gasteiger partial charge in [0.15, 0.2) is 5.96 Å². The first-order valence-electron chi connectivity index (χ1n) is 10.5. The minimum atomic E-state index is -0.0493. The van der Waals surface area contributed by atoms with Gasteiger partial charge >= 0.3 is 0 Å². The Kier molecular flexibility index (Phi) is 6.83. The van der Waals surface area contributed by atoms with E-state index in [1.165, 1.54) is 18.4 Å². The van der Waals surface area contributed by atoms with Gasteiger partial charge in [0.2, 0.25) is 5.89 Å². The molecule has 6 heteroatoms. The predicted octanol–water partition coefficient (Wildman–Crippen LogP) is 4.47. The van der Waals surface area contributed by atoms with Crippen LogP contribution in [0.15, 0.2) is 33.8 Å². The van der Waals surface area contributed by atoms with Gasteiger partial charge in [-0.2, -0.15) is 0 Å². The molecule has 6 nitrogen and oxygen atoms in total. The lowest BCUT2D eigenvalue weighted by Crippen LogP contribution is -2.36. The SMILES string of the molecule is CN=C(NCc1ncc(C(C)(C)C)o1)NCc1ccc(C)cc1OC1CCCC1. The summed E-state index contributed by atoms with van der Waals surface area (Å²) in [6.45, 7) is 9.55. The lowest BCUT2D eigenvalue weighted by atomic mass is 9.94. The largest absolute Gasteiger partial charge is 0.490 e. The van der Waals surface area contributed by atoms with E-state index in [1.54, 1.807) is 13.2 Å². The molecule has 1 aliphatic carbocycles. The zero-order chi connectivity index (χ0) is 20.9. The highest BCUT2D eigenvalue weighted by Gasteiger charge is 2.20. The number of ether oxygens (including phenoxy) is 1. The molecule has 0 spiro atoms. The van der Waals surface area contributed by atoms with Crippen molar-refractivity contribution in [2.45, 2.75) is 78.0 Å². The summed E-state index contributed by atoms with van der Waals surface area (Å²) >= 11 is 0. The minimum absolute atomic E-state index is 0.0493. The Balaban J connectivity index is 1.57. The van der Waals surface area contributed by atoms with Crippen LogP contribution in [0.1, 0.15) is 69.2 Å². The second-order valence-corrected chi connectivity index (χ2v) is 8.78. The van der Waals surface area contributed by atoms with Crippen LogP contribution in [0, 0.1) is 6.92 Å². The summed E-state index contributed by atoms with van der Waals surface area (Å²) in [5, 5.41) is 6.63. The number of benzene rings is 1. The number of hydrogen-bond acceptors (Lipinski definition) is 4. The standard InChI is InChI=1S/C23H34N4O2/c1-16-10-11-17(19(12-16)28-18-8-6-7-9-18)13-26-22(24-5)27-15-21-25-14-20(29-21)23(2,3)4/h10-12,14,18H,6-9,13,15H2,1-5H3,(H2,24,26,27). The fraction of sp³-hybridized carbons (Fsp3) is 0.565. The first-order valence-corrected chi connectivity index (χ1v) is 10.5. The molecule has 1 saturated carbocycles. The van der Waals surface area contributed by atoms with Crippen molar-refractivity contribution in [2.75, 3.05) is 7.05 Å². The Bertz CT molecular complexity index is 830. The molecule has 29 heavy (non-hydrogen) atoms. The summed E-state index contributed by atoms with van der Waals surface area (Å²) in [5.41, 5.74) is 2.30. The van der Waals surface area contributed by atoms with Crippen molar-refractivity contribution in [2.24, 2.45) is 4.99 Å². The number of nitrogens with one attached hydrogen (secondary N) is 2. The van der Waals surface area contributed by atoms with Crippen LogP contribution >= 0.6 is 0 Å². The van der Waals surface area contributed by atoms with Crippen molar-refractivity contribution in [1.82, 2.24) is 15.6 Å². The Hall–Kier alpha value is -2.50. The maximum Gasteiger partial charge on any atom is 0.213 e. The van der Waals surface area contributed by atoms with Gasteiger partial charge in [-0.1, -0.05) is 32.9 Å². The molecule has 3 rings (SSSR count). The molecule has 0 aliphatic heterocycles. The molecule has 0 atom stereocenters. The van der Waals surface area contributed by atoms with Crippen LogP contribution in [0.2, 0.25) is 0 Å². The summed E-state index contributed by atoms with van der Waals surface area (Å²) in [6.07, 6.45) is 6.96. The summed E-state index contributed by atoms with van der Waals surface area (Å²) in [7, 11) is 1.76. The molecule has 0 amide bonds. The van der Waals surface area contributed by atoms with Crippen molar-refractivity contribution >= 4 is 5.96 Å². The zero-order valence-corrected chi connectivity index (χ0v) is 18.3. The molecular weight excluding hydrogens is 364 g/mol. The van der Waals surface area contributed by atoms with E-state index >= 15 is 0 Å². The normalized spacial score (nSPS) is 15.6. The number of nitrogens with zero attached hydrogens (tertiary/aromatic N) is 2. The maximum atomic E-state index is 6.29. The predicted molar refractivity (Wildman–Crippen MR) is 116 cm³/mol. The van der Waals surface area contributed by atoms with Crippen molar-refractivity contribution in [3.05, 3.63) is 47.2 Å². The van der Waals surface area contributed by atoms with Crippen molar-refractivity contribution in [3.63, 3.8) is 0 Å². The summed E-state index contributed by atoms with van der Waals surface area (Å²) < 4.78 is 12.1. The number of oxazole rings is 1. The highest BCUT2D eigenvalue weighted by atomic mass is 16.5. The number of rotatable bonds is 6. The number of aromatic nitrogens is 1. The van der Waals surface area contributed by atoms with E-state index in [0.717, 1.165) is 29.9 Å². The van der Waals surface area contributed by atoms with Gasteiger partial charge in [-0.3, -0.25) is 4.99 Å². The van der Waals surface area contributed by atoms with Gasteiger partial charge in [-0.15, -0.1) is 0 Å². The van der Waals surface area contributed by atoms with E-state index in [2.05, 4.69) is 66.5 Å². The molecule has 2 aromatic rings. The highest BCUT2D eigenvalue weighted by molar-refractivity contribution is 5.79. The van der Waals surface area contributed by atoms with E-state index < -0.39 is 0 Å². The van der Waals surface area contributed by atoms with Crippen LogP contribution in [0.3, 0.4) is 0 Å². The molecule has 1 aromatic heterocycles. The van der Waals surface area contributed by atoms with Crippen LogP contribution in [0.5, 0.6) is 5.75 Å².